The van der Waals surface area contributed by atoms with Crippen molar-refractivity contribution in [3.05, 3.63) is 0 Å². The van der Waals surface area contributed by atoms with Crippen LogP contribution in [0.4, 0.5) is 4.79 Å². The molecule has 2 atom stereocenters. The molecule has 1 fully saturated rings. The number of aliphatic carboxylic acids is 1. The Balaban J connectivity index is 2.56. The standard InChI is InChI=1S/C16H27NO6/c1-10(2)13(18)22-11(3)23-15(21)17-16(4,14(19)20)9-12-7-5-6-8-12/h10-12H,5-9H2,1-4H3,(H,17,21)(H,19,20)/t11-,16-/m0/s1. The molecule has 23 heavy (non-hydrogen) atoms. The molecule has 0 bridgehead atoms. The Labute approximate surface area is 136 Å². The lowest BCUT2D eigenvalue weighted by Gasteiger charge is -2.29. The van der Waals surface area contributed by atoms with Crippen LogP contribution in [0.5, 0.6) is 0 Å². The van der Waals surface area contributed by atoms with Crippen LogP contribution in [0, 0.1) is 11.8 Å². The molecule has 0 spiro atoms. The van der Waals surface area contributed by atoms with Gasteiger partial charge in [0.05, 0.1) is 5.92 Å². The molecular formula is C16H27NO6. The van der Waals surface area contributed by atoms with E-state index >= 15 is 0 Å². The molecule has 0 aromatic heterocycles. The number of esters is 1. The number of carboxylic acid groups (broad SMARTS) is 1. The number of amides is 1. The van der Waals surface area contributed by atoms with Crippen LogP contribution in [0.15, 0.2) is 0 Å². The summed E-state index contributed by atoms with van der Waals surface area (Å²) in [6, 6.07) is 0. The minimum atomic E-state index is -1.39. The molecule has 0 radical (unpaired) electrons. The Hall–Kier alpha value is -1.79. The van der Waals surface area contributed by atoms with Gasteiger partial charge in [0.15, 0.2) is 0 Å². The number of hydrogen-bond donors (Lipinski definition) is 2. The lowest BCUT2D eigenvalue weighted by Crippen LogP contribution is -2.53. The van der Waals surface area contributed by atoms with Gasteiger partial charge in [-0.25, -0.2) is 9.59 Å². The van der Waals surface area contributed by atoms with E-state index in [4.69, 9.17) is 9.47 Å². The molecule has 0 aliphatic heterocycles. The summed E-state index contributed by atoms with van der Waals surface area (Å²) in [5.41, 5.74) is -1.39. The number of carbonyl (C=O) groups is 3. The van der Waals surface area contributed by atoms with Gasteiger partial charge in [0.2, 0.25) is 6.29 Å². The predicted octanol–water partition coefficient (Wildman–Crippen LogP) is 2.68. The van der Waals surface area contributed by atoms with Crippen LogP contribution in [0.25, 0.3) is 0 Å². The van der Waals surface area contributed by atoms with Gasteiger partial charge in [0, 0.05) is 6.92 Å². The van der Waals surface area contributed by atoms with E-state index in [1.807, 2.05) is 0 Å². The summed E-state index contributed by atoms with van der Waals surface area (Å²) in [5.74, 6) is -1.64. The molecule has 1 aliphatic carbocycles. The number of nitrogens with one attached hydrogen (secondary N) is 1. The first-order chi connectivity index (χ1) is 10.6. The Bertz CT molecular complexity index is 444. The smallest absolute Gasteiger partial charge is 0.411 e. The summed E-state index contributed by atoms with van der Waals surface area (Å²) in [6.45, 7) is 6.21. The molecule has 7 nitrogen and oxygen atoms in total. The van der Waals surface area contributed by atoms with Crippen LogP contribution in [-0.4, -0.2) is 35.0 Å². The van der Waals surface area contributed by atoms with Crippen molar-refractivity contribution < 1.29 is 29.0 Å². The molecule has 7 heteroatoms. The van der Waals surface area contributed by atoms with Gasteiger partial charge in [0.25, 0.3) is 0 Å². The van der Waals surface area contributed by atoms with Crippen molar-refractivity contribution in [2.45, 2.75) is 71.6 Å². The summed E-state index contributed by atoms with van der Waals surface area (Å²) in [5, 5.41) is 11.8. The number of hydrogen-bond acceptors (Lipinski definition) is 5. The maximum Gasteiger partial charge on any atom is 0.411 e. The molecule has 1 saturated carbocycles. The summed E-state index contributed by atoms with van der Waals surface area (Å²) in [4.78, 5) is 34.9. The van der Waals surface area contributed by atoms with Crippen LogP contribution < -0.4 is 5.32 Å². The SMILES string of the molecule is CC(C)C(=O)O[C@H](C)OC(=O)N[C@@](C)(CC1CCCC1)C(=O)O. The number of carboxylic acids is 1. The van der Waals surface area contributed by atoms with Gasteiger partial charge >= 0.3 is 18.0 Å². The number of rotatable bonds is 7. The zero-order valence-corrected chi connectivity index (χ0v) is 14.3. The van der Waals surface area contributed by atoms with Crippen molar-refractivity contribution in [3.8, 4) is 0 Å². The molecule has 0 aromatic carbocycles. The van der Waals surface area contributed by atoms with Gasteiger partial charge in [-0.2, -0.15) is 0 Å². The highest BCUT2D eigenvalue weighted by Gasteiger charge is 2.39. The van der Waals surface area contributed by atoms with E-state index in [-0.39, 0.29) is 11.8 Å². The average molecular weight is 329 g/mol. The third-order valence-electron chi connectivity index (χ3n) is 4.05. The number of ether oxygens (including phenoxy) is 2. The highest BCUT2D eigenvalue weighted by Crippen LogP contribution is 2.32. The van der Waals surface area contributed by atoms with Crippen LogP contribution >= 0.6 is 0 Å². The second-order valence-corrected chi connectivity index (χ2v) is 6.68. The second-order valence-electron chi connectivity index (χ2n) is 6.68. The molecular weight excluding hydrogens is 302 g/mol. The van der Waals surface area contributed by atoms with Crippen LogP contribution in [0.1, 0.15) is 59.8 Å². The Morgan fingerprint density at radius 3 is 2.22 bits per heavy atom. The van der Waals surface area contributed by atoms with Crippen molar-refractivity contribution in [2.75, 3.05) is 0 Å². The molecule has 132 valence electrons. The van der Waals surface area contributed by atoms with Gasteiger partial charge in [0.1, 0.15) is 5.54 Å². The van der Waals surface area contributed by atoms with Crippen LogP contribution in [-0.2, 0) is 19.1 Å². The summed E-state index contributed by atoms with van der Waals surface area (Å²) >= 11 is 0. The fourth-order valence-electron chi connectivity index (χ4n) is 2.71. The molecule has 2 N–H and O–H groups in total. The Kier molecular flexibility index (Phi) is 6.84. The van der Waals surface area contributed by atoms with Crippen LogP contribution in [0.2, 0.25) is 0 Å². The van der Waals surface area contributed by atoms with Gasteiger partial charge in [-0.15, -0.1) is 0 Å². The summed E-state index contributed by atoms with van der Waals surface area (Å²) in [7, 11) is 0. The van der Waals surface area contributed by atoms with E-state index in [9.17, 15) is 19.5 Å². The third-order valence-corrected chi connectivity index (χ3v) is 4.05. The first-order valence-electron chi connectivity index (χ1n) is 8.06. The molecule has 1 aliphatic rings. The zero-order chi connectivity index (χ0) is 17.6. The summed E-state index contributed by atoms with van der Waals surface area (Å²) < 4.78 is 9.85. The van der Waals surface area contributed by atoms with Gasteiger partial charge in [-0.05, 0) is 19.3 Å². The van der Waals surface area contributed by atoms with E-state index < -0.39 is 29.9 Å². The summed E-state index contributed by atoms with van der Waals surface area (Å²) in [6.07, 6.45) is 2.51. The van der Waals surface area contributed by atoms with Crippen molar-refractivity contribution in [1.29, 1.82) is 0 Å². The topological polar surface area (TPSA) is 102 Å². The average Bonchev–Trinajstić information content (AvgIpc) is 2.90. The molecule has 0 unspecified atom stereocenters. The van der Waals surface area contributed by atoms with E-state index in [0.29, 0.717) is 6.42 Å². The molecule has 0 heterocycles. The largest absolute Gasteiger partial charge is 0.480 e. The fraction of sp³-hybridized carbons (Fsp3) is 0.812. The fourth-order valence-corrected chi connectivity index (χ4v) is 2.71. The second kappa shape index (κ2) is 8.17. The highest BCUT2D eigenvalue weighted by molar-refractivity contribution is 5.84. The predicted molar refractivity (Wildman–Crippen MR) is 82.6 cm³/mol. The van der Waals surface area contributed by atoms with E-state index in [0.717, 1.165) is 25.7 Å². The first-order valence-corrected chi connectivity index (χ1v) is 8.06. The first kappa shape index (κ1) is 19.3. The molecule has 0 saturated heterocycles. The normalized spacial score (nSPS) is 19.0. The Morgan fingerprint density at radius 2 is 1.74 bits per heavy atom. The maximum absolute atomic E-state index is 11.9. The molecule has 1 rings (SSSR count). The van der Waals surface area contributed by atoms with Crippen molar-refractivity contribution in [1.82, 2.24) is 5.32 Å². The van der Waals surface area contributed by atoms with E-state index in [1.54, 1.807) is 13.8 Å². The van der Waals surface area contributed by atoms with Gasteiger partial charge in [-0.1, -0.05) is 39.5 Å². The lowest BCUT2D eigenvalue weighted by molar-refractivity contribution is -0.169. The minimum absolute atomic E-state index is 0.285. The Morgan fingerprint density at radius 1 is 1.17 bits per heavy atom. The lowest BCUT2D eigenvalue weighted by atomic mass is 9.88. The molecule has 0 aromatic rings. The number of carbonyl (C=O) groups excluding carboxylic acids is 2. The van der Waals surface area contributed by atoms with E-state index in [1.165, 1.54) is 13.8 Å². The maximum atomic E-state index is 11.9. The number of alkyl carbamates (subject to hydrolysis) is 1. The van der Waals surface area contributed by atoms with Crippen LogP contribution in [0.3, 0.4) is 0 Å². The zero-order valence-electron chi connectivity index (χ0n) is 14.3. The minimum Gasteiger partial charge on any atom is -0.480 e. The third kappa shape index (κ3) is 6.08. The quantitative estimate of drug-likeness (QED) is 0.550. The highest BCUT2D eigenvalue weighted by atomic mass is 16.7. The van der Waals surface area contributed by atoms with Crippen molar-refractivity contribution in [3.63, 3.8) is 0 Å². The van der Waals surface area contributed by atoms with Gasteiger partial charge in [-0.3, -0.25) is 4.79 Å². The monoisotopic (exact) mass is 329 g/mol. The van der Waals surface area contributed by atoms with E-state index in [2.05, 4.69) is 5.32 Å². The van der Waals surface area contributed by atoms with Gasteiger partial charge < -0.3 is 19.9 Å². The van der Waals surface area contributed by atoms with Crippen molar-refractivity contribution >= 4 is 18.0 Å². The van der Waals surface area contributed by atoms with Crippen molar-refractivity contribution in [2.24, 2.45) is 11.8 Å². The molecule has 1 amide bonds.